The van der Waals surface area contributed by atoms with Crippen molar-refractivity contribution >= 4 is 9.84 Å². The molecule has 1 saturated carbocycles. The highest BCUT2D eigenvalue weighted by Gasteiger charge is 2.73. The van der Waals surface area contributed by atoms with Crippen LogP contribution in [0.2, 0.25) is 0 Å². The van der Waals surface area contributed by atoms with E-state index in [1.807, 2.05) is 54.6 Å². The lowest BCUT2D eigenvalue weighted by Gasteiger charge is -2.21. The Morgan fingerprint density at radius 1 is 0.719 bits per heavy atom. The summed E-state index contributed by atoms with van der Waals surface area (Å²) in [6.45, 7) is 2.08. The Kier molecular flexibility index (Phi) is 5.22. The van der Waals surface area contributed by atoms with Crippen LogP contribution in [0.3, 0.4) is 0 Å². The van der Waals surface area contributed by atoms with E-state index in [0.717, 1.165) is 11.1 Å². The summed E-state index contributed by atoms with van der Waals surface area (Å²) in [7, 11) is -3.66. The first-order valence-electron chi connectivity index (χ1n) is 11.0. The molecular weight excluding hydrogens is 412 g/mol. The third-order valence-electron chi connectivity index (χ3n) is 6.73. The van der Waals surface area contributed by atoms with Crippen molar-refractivity contribution in [2.24, 2.45) is 5.92 Å². The average molecular weight is 439 g/mol. The maximum absolute atomic E-state index is 14.4. The Balaban J connectivity index is 1.73. The highest BCUT2D eigenvalue weighted by molar-refractivity contribution is 7.92. The summed E-state index contributed by atoms with van der Waals surface area (Å²) in [5, 5.41) is 0. The molecule has 0 radical (unpaired) electrons. The zero-order chi connectivity index (χ0) is 22.2. The van der Waals surface area contributed by atoms with Crippen LogP contribution in [0, 0.1) is 12.8 Å². The number of aryl methyl sites for hydroxylation is 1. The molecule has 0 aliphatic heterocycles. The molecule has 1 fully saturated rings. The number of rotatable bonds is 6. The van der Waals surface area contributed by atoms with Crippen LogP contribution < -0.4 is 0 Å². The molecule has 0 amide bonds. The van der Waals surface area contributed by atoms with Gasteiger partial charge in [-0.1, -0.05) is 109 Å². The van der Waals surface area contributed by atoms with Crippen molar-refractivity contribution in [1.29, 1.82) is 0 Å². The van der Waals surface area contributed by atoms with Crippen LogP contribution >= 0.6 is 0 Å². The van der Waals surface area contributed by atoms with Gasteiger partial charge in [-0.25, -0.2) is 8.42 Å². The lowest BCUT2D eigenvalue weighted by atomic mass is 10.0. The Morgan fingerprint density at radius 3 is 1.94 bits per heavy atom. The minimum atomic E-state index is -3.66. The van der Waals surface area contributed by atoms with Crippen LogP contribution in [0.25, 0.3) is 0 Å². The summed E-state index contributed by atoms with van der Waals surface area (Å²) in [5.74, 6) is -0.170. The SMILES string of the molecule is Cc1cccc(C[C@@H]2[C@H](c3ccccc3)[C@@]2(c2ccccc2)S(=O)(=O)c2ccccc2)c1. The molecule has 0 unspecified atom stereocenters. The molecule has 0 heterocycles. The second-order valence-electron chi connectivity index (χ2n) is 8.66. The van der Waals surface area contributed by atoms with Crippen molar-refractivity contribution < 1.29 is 8.42 Å². The van der Waals surface area contributed by atoms with Crippen molar-refractivity contribution in [3.05, 3.63) is 138 Å². The van der Waals surface area contributed by atoms with Crippen molar-refractivity contribution in [1.82, 2.24) is 0 Å². The van der Waals surface area contributed by atoms with Crippen molar-refractivity contribution in [3.8, 4) is 0 Å². The number of hydrogen-bond acceptors (Lipinski definition) is 2. The summed E-state index contributed by atoms with van der Waals surface area (Å²) in [4.78, 5) is 0.386. The summed E-state index contributed by atoms with van der Waals surface area (Å²) in [6, 6.07) is 37.3. The highest BCUT2D eigenvalue weighted by atomic mass is 32.2. The molecule has 0 saturated heterocycles. The average Bonchev–Trinajstić information content (AvgIpc) is 3.50. The Labute approximate surface area is 190 Å². The Hall–Kier alpha value is -3.17. The molecule has 0 bridgehead atoms. The first kappa shape index (κ1) is 20.7. The molecule has 0 aromatic heterocycles. The zero-order valence-electron chi connectivity index (χ0n) is 18.1. The van der Waals surface area contributed by atoms with Crippen LogP contribution in [0.1, 0.15) is 28.2 Å². The molecule has 3 heteroatoms. The molecule has 3 atom stereocenters. The van der Waals surface area contributed by atoms with Gasteiger partial charge in [-0.15, -0.1) is 0 Å². The molecule has 1 aliphatic rings. The van der Waals surface area contributed by atoms with E-state index < -0.39 is 14.6 Å². The Bertz CT molecular complexity index is 1320. The molecule has 2 nitrogen and oxygen atoms in total. The van der Waals surface area contributed by atoms with Crippen LogP contribution in [0.4, 0.5) is 0 Å². The normalized spacial score (nSPS) is 22.4. The first-order chi connectivity index (χ1) is 15.5. The zero-order valence-corrected chi connectivity index (χ0v) is 18.9. The van der Waals surface area contributed by atoms with E-state index in [9.17, 15) is 8.42 Å². The predicted molar refractivity (Wildman–Crippen MR) is 129 cm³/mol. The molecule has 32 heavy (non-hydrogen) atoms. The molecule has 4 aromatic carbocycles. The molecule has 5 rings (SSSR count). The summed E-state index contributed by atoms with van der Waals surface area (Å²) in [6.07, 6.45) is 0.711. The maximum atomic E-state index is 14.4. The van der Waals surface area contributed by atoms with Gasteiger partial charge < -0.3 is 0 Å². The largest absolute Gasteiger partial charge is 0.223 e. The number of sulfone groups is 1. The van der Waals surface area contributed by atoms with Crippen molar-refractivity contribution in [2.75, 3.05) is 0 Å². The van der Waals surface area contributed by atoms with E-state index in [1.165, 1.54) is 11.1 Å². The fourth-order valence-corrected chi connectivity index (χ4v) is 7.88. The lowest BCUT2D eigenvalue weighted by Crippen LogP contribution is -2.26. The van der Waals surface area contributed by atoms with Gasteiger partial charge in [-0.05, 0) is 48.1 Å². The van der Waals surface area contributed by atoms with Gasteiger partial charge in [0, 0.05) is 5.92 Å². The van der Waals surface area contributed by atoms with Gasteiger partial charge in [-0.2, -0.15) is 0 Å². The Morgan fingerprint density at radius 2 is 1.31 bits per heavy atom. The van der Waals surface area contributed by atoms with E-state index in [1.54, 1.807) is 24.3 Å². The third kappa shape index (κ3) is 3.28. The lowest BCUT2D eigenvalue weighted by molar-refractivity contribution is 0.569. The predicted octanol–water partition coefficient (Wildman–Crippen LogP) is 6.32. The molecule has 160 valence electrons. The summed E-state index contributed by atoms with van der Waals surface area (Å²) < 4.78 is 27.7. The minimum Gasteiger partial charge on any atom is -0.223 e. The highest BCUT2D eigenvalue weighted by Crippen LogP contribution is 2.70. The van der Waals surface area contributed by atoms with E-state index in [4.69, 9.17) is 0 Å². The third-order valence-corrected chi connectivity index (χ3v) is 9.30. The molecule has 1 aliphatic carbocycles. The van der Waals surface area contributed by atoms with E-state index in [-0.39, 0.29) is 11.8 Å². The fraction of sp³-hybridized carbons (Fsp3) is 0.172. The van der Waals surface area contributed by atoms with Crippen molar-refractivity contribution in [3.63, 3.8) is 0 Å². The molecule has 4 aromatic rings. The van der Waals surface area contributed by atoms with E-state index in [0.29, 0.717) is 11.3 Å². The van der Waals surface area contributed by atoms with Crippen LogP contribution in [-0.2, 0) is 21.0 Å². The second kappa shape index (κ2) is 8.07. The molecular formula is C29H26O2S. The van der Waals surface area contributed by atoms with Gasteiger partial charge in [-0.3, -0.25) is 0 Å². The molecule has 0 spiro atoms. The van der Waals surface area contributed by atoms with Gasteiger partial charge in [0.05, 0.1) is 4.90 Å². The summed E-state index contributed by atoms with van der Waals surface area (Å²) >= 11 is 0. The first-order valence-corrected chi connectivity index (χ1v) is 12.5. The number of benzene rings is 4. The molecule has 0 N–H and O–H groups in total. The summed E-state index contributed by atoms with van der Waals surface area (Å²) in [5.41, 5.74) is 4.32. The van der Waals surface area contributed by atoms with Gasteiger partial charge >= 0.3 is 0 Å². The second-order valence-corrected chi connectivity index (χ2v) is 10.8. The van der Waals surface area contributed by atoms with Gasteiger partial charge in [0.25, 0.3) is 0 Å². The monoisotopic (exact) mass is 438 g/mol. The quantitative estimate of drug-likeness (QED) is 0.353. The van der Waals surface area contributed by atoms with Crippen LogP contribution in [-0.4, -0.2) is 8.42 Å². The van der Waals surface area contributed by atoms with Gasteiger partial charge in [0.15, 0.2) is 9.84 Å². The van der Waals surface area contributed by atoms with Gasteiger partial charge in [0.2, 0.25) is 0 Å². The maximum Gasteiger partial charge on any atom is 0.189 e. The topological polar surface area (TPSA) is 34.1 Å². The van der Waals surface area contributed by atoms with Gasteiger partial charge in [0.1, 0.15) is 4.75 Å². The van der Waals surface area contributed by atoms with Crippen molar-refractivity contribution in [2.45, 2.75) is 28.9 Å². The van der Waals surface area contributed by atoms with Crippen LogP contribution in [0.15, 0.2) is 120 Å². The van der Waals surface area contributed by atoms with Crippen LogP contribution in [0.5, 0.6) is 0 Å². The minimum absolute atomic E-state index is 0.0562. The standard InChI is InChI=1S/C29H26O2S/c1-22-12-11-13-23(20-22)21-27-28(24-14-5-2-6-15-24)29(27,25-16-7-3-8-17-25)32(30,31)26-18-9-4-10-19-26/h2-20,27-28H,21H2,1H3/t27-,28+,29+/m1/s1. The van der Waals surface area contributed by atoms with E-state index >= 15 is 0 Å². The fourth-order valence-electron chi connectivity index (χ4n) is 5.34. The smallest absolute Gasteiger partial charge is 0.189 e. The van der Waals surface area contributed by atoms with E-state index in [2.05, 4.69) is 43.3 Å². The number of hydrogen-bond donors (Lipinski definition) is 0.